The smallest absolute Gasteiger partial charge is 0.358 e. The number of hydrogen-bond donors (Lipinski definition) is 0. The highest BCUT2D eigenvalue weighted by Gasteiger charge is 2.44. The van der Waals surface area contributed by atoms with Gasteiger partial charge in [-0.25, -0.2) is 14.2 Å². The number of ether oxygens (including phenoxy) is 1. The van der Waals surface area contributed by atoms with E-state index in [0.717, 1.165) is 12.8 Å². The molecule has 0 radical (unpaired) electrons. The molecule has 8 heteroatoms. The SMILES string of the molecule is O=C(OCC1CC1)c1ncn2c1[C@@H]1CCN1C(=O)c1c-2ccc(F)c1Cl. The van der Waals surface area contributed by atoms with Crippen molar-refractivity contribution < 1.29 is 18.7 Å². The van der Waals surface area contributed by atoms with Gasteiger partial charge in [0.05, 0.1) is 34.6 Å². The van der Waals surface area contributed by atoms with E-state index in [9.17, 15) is 14.0 Å². The van der Waals surface area contributed by atoms with Gasteiger partial charge < -0.3 is 9.64 Å². The Morgan fingerprint density at radius 1 is 1.35 bits per heavy atom. The number of rotatable bonds is 3. The Balaban J connectivity index is 1.64. The van der Waals surface area contributed by atoms with Gasteiger partial charge in [0.15, 0.2) is 5.69 Å². The summed E-state index contributed by atoms with van der Waals surface area (Å²) in [6, 6.07) is 2.41. The van der Waals surface area contributed by atoms with Crippen LogP contribution < -0.4 is 0 Å². The molecule has 2 aromatic rings. The zero-order valence-corrected chi connectivity index (χ0v) is 14.5. The zero-order valence-electron chi connectivity index (χ0n) is 13.7. The second-order valence-corrected chi connectivity index (χ2v) is 7.33. The van der Waals surface area contributed by atoms with E-state index < -0.39 is 11.8 Å². The molecule has 6 nitrogen and oxygen atoms in total. The molecule has 1 saturated carbocycles. The van der Waals surface area contributed by atoms with Crippen molar-refractivity contribution in [2.24, 2.45) is 5.92 Å². The zero-order chi connectivity index (χ0) is 18.0. The highest BCUT2D eigenvalue weighted by molar-refractivity contribution is 6.34. The average molecular weight is 376 g/mol. The quantitative estimate of drug-likeness (QED) is 0.773. The van der Waals surface area contributed by atoms with Gasteiger partial charge in [-0.05, 0) is 37.3 Å². The molecule has 2 aliphatic heterocycles. The monoisotopic (exact) mass is 375 g/mol. The van der Waals surface area contributed by atoms with Gasteiger partial charge >= 0.3 is 5.97 Å². The number of benzene rings is 1. The fourth-order valence-corrected chi connectivity index (χ4v) is 3.82. The molecule has 1 atom stereocenters. The van der Waals surface area contributed by atoms with Crippen molar-refractivity contribution in [2.75, 3.05) is 13.2 Å². The minimum absolute atomic E-state index is 0.102. The van der Waals surface area contributed by atoms with Crippen molar-refractivity contribution in [2.45, 2.75) is 25.3 Å². The van der Waals surface area contributed by atoms with Gasteiger partial charge in [0, 0.05) is 6.54 Å². The Kier molecular flexibility index (Phi) is 3.37. The average Bonchev–Trinajstić information content (AvgIpc) is 3.33. The van der Waals surface area contributed by atoms with Crippen molar-refractivity contribution >= 4 is 23.5 Å². The highest BCUT2D eigenvalue weighted by atomic mass is 35.5. The molecular formula is C18H15ClFN3O3. The third kappa shape index (κ3) is 2.19. The molecule has 134 valence electrons. The third-order valence-corrected chi connectivity index (χ3v) is 5.66. The number of hydrogen-bond acceptors (Lipinski definition) is 4. The topological polar surface area (TPSA) is 64.4 Å². The van der Waals surface area contributed by atoms with Crippen molar-refractivity contribution in [3.63, 3.8) is 0 Å². The first-order valence-electron chi connectivity index (χ1n) is 8.60. The van der Waals surface area contributed by atoms with Crippen LogP contribution in [0.15, 0.2) is 18.5 Å². The van der Waals surface area contributed by atoms with E-state index in [2.05, 4.69) is 4.98 Å². The number of carbonyl (C=O) groups is 2. The lowest BCUT2D eigenvalue weighted by molar-refractivity contribution is 0.0414. The lowest BCUT2D eigenvalue weighted by Crippen LogP contribution is -2.45. The molecular weight excluding hydrogens is 361 g/mol. The largest absolute Gasteiger partial charge is 0.461 e. The number of aromatic nitrogens is 2. The minimum Gasteiger partial charge on any atom is -0.461 e. The Morgan fingerprint density at radius 2 is 2.15 bits per heavy atom. The standard InChI is InChI=1S/C18H15ClFN3O3/c19-14-10(20)3-4-11-13(14)17(24)22-6-5-12(22)16-15(21-8-23(11)16)18(25)26-7-9-1-2-9/h3-4,8-9,12H,1-2,5-7H2/t12-/m0/s1. The van der Waals surface area contributed by atoms with Gasteiger partial charge in [0.1, 0.15) is 12.1 Å². The van der Waals surface area contributed by atoms with E-state index in [1.165, 1.54) is 18.5 Å². The summed E-state index contributed by atoms with van der Waals surface area (Å²) in [5, 5.41) is -0.211. The predicted molar refractivity (Wildman–Crippen MR) is 89.9 cm³/mol. The number of halogens is 2. The number of amides is 1. The summed E-state index contributed by atoms with van der Waals surface area (Å²) >= 11 is 6.10. The van der Waals surface area contributed by atoms with Gasteiger partial charge in [-0.3, -0.25) is 9.36 Å². The summed E-state index contributed by atoms with van der Waals surface area (Å²) in [6.45, 7) is 0.920. The van der Waals surface area contributed by atoms with Crippen molar-refractivity contribution in [1.82, 2.24) is 14.5 Å². The molecule has 3 heterocycles. The molecule has 0 bridgehead atoms. The third-order valence-electron chi connectivity index (χ3n) is 5.29. The van der Waals surface area contributed by atoms with Crippen molar-refractivity contribution in [3.8, 4) is 5.69 Å². The molecule has 1 aromatic heterocycles. The van der Waals surface area contributed by atoms with Crippen LogP contribution in [0.1, 0.15) is 51.8 Å². The highest BCUT2D eigenvalue weighted by Crippen LogP contribution is 2.43. The van der Waals surface area contributed by atoms with E-state index in [4.69, 9.17) is 16.3 Å². The van der Waals surface area contributed by atoms with E-state index in [1.807, 2.05) is 0 Å². The maximum atomic E-state index is 13.9. The van der Waals surface area contributed by atoms with Gasteiger partial charge in [0.2, 0.25) is 0 Å². The van der Waals surface area contributed by atoms with Gasteiger partial charge in [-0.15, -0.1) is 0 Å². The second-order valence-electron chi connectivity index (χ2n) is 6.95. The van der Waals surface area contributed by atoms with Crippen LogP contribution >= 0.6 is 11.6 Å². The van der Waals surface area contributed by atoms with Crippen LogP contribution in [-0.4, -0.2) is 39.5 Å². The van der Waals surface area contributed by atoms with Gasteiger partial charge in [0.25, 0.3) is 5.91 Å². The predicted octanol–water partition coefficient (Wildman–Crippen LogP) is 3.13. The van der Waals surface area contributed by atoms with E-state index >= 15 is 0 Å². The molecule has 5 rings (SSSR count). The first-order chi connectivity index (χ1) is 12.6. The van der Waals surface area contributed by atoms with Crippen molar-refractivity contribution in [3.05, 3.63) is 46.3 Å². The molecule has 0 spiro atoms. The summed E-state index contributed by atoms with van der Waals surface area (Å²) in [5.41, 5.74) is 1.35. The molecule has 3 aliphatic rings. The van der Waals surface area contributed by atoms with Crippen molar-refractivity contribution in [1.29, 1.82) is 0 Å². The molecule has 1 aliphatic carbocycles. The Hall–Kier alpha value is -2.41. The fraction of sp³-hybridized carbons (Fsp3) is 0.389. The summed E-state index contributed by atoms with van der Waals surface area (Å²) in [6.07, 6.45) is 4.34. The van der Waals surface area contributed by atoms with Crippen LogP contribution in [0, 0.1) is 11.7 Å². The molecule has 1 aromatic carbocycles. The molecule has 26 heavy (non-hydrogen) atoms. The van der Waals surface area contributed by atoms with Crippen LogP contribution in [0.4, 0.5) is 4.39 Å². The lowest BCUT2D eigenvalue weighted by atomic mass is 9.97. The van der Waals surface area contributed by atoms with E-state index in [0.29, 0.717) is 36.9 Å². The number of nitrogens with zero attached hydrogens (tertiary/aromatic N) is 3. The number of fused-ring (bicyclic) bond motifs is 5. The lowest BCUT2D eigenvalue weighted by Gasteiger charge is -2.39. The Labute approximate surface area is 153 Å². The first-order valence-corrected chi connectivity index (χ1v) is 8.97. The van der Waals surface area contributed by atoms with Crippen LogP contribution in [0.5, 0.6) is 0 Å². The van der Waals surface area contributed by atoms with E-state index in [1.54, 1.807) is 9.47 Å². The number of carbonyl (C=O) groups excluding carboxylic acids is 2. The van der Waals surface area contributed by atoms with Crippen LogP contribution in [0.25, 0.3) is 5.69 Å². The van der Waals surface area contributed by atoms with Gasteiger partial charge in [-0.2, -0.15) is 0 Å². The maximum absolute atomic E-state index is 13.9. The van der Waals surface area contributed by atoms with Gasteiger partial charge in [-0.1, -0.05) is 11.6 Å². The molecule has 0 unspecified atom stereocenters. The first kappa shape index (κ1) is 15.8. The fourth-order valence-electron chi connectivity index (χ4n) is 3.57. The second kappa shape index (κ2) is 5.54. The summed E-state index contributed by atoms with van der Waals surface area (Å²) in [4.78, 5) is 31.2. The summed E-state index contributed by atoms with van der Waals surface area (Å²) in [5.74, 6) is -1.02. The van der Waals surface area contributed by atoms with Crippen LogP contribution in [0.3, 0.4) is 0 Å². The molecule has 0 N–H and O–H groups in total. The molecule has 1 amide bonds. The Morgan fingerprint density at radius 3 is 2.85 bits per heavy atom. The summed E-state index contributed by atoms with van der Waals surface area (Å²) in [7, 11) is 0. The number of imidazole rings is 1. The maximum Gasteiger partial charge on any atom is 0.358 e. The van der Waals surface area contributed by atoms with Crippen LogP contribution in [-0.2, 0) is 4.74 Å². The molecule has 1 saturated heterocycles. The number of esters is 1. The summed E-state index contributed by atoms with van der Waals surface area (Å²) < 4.78 is 21.0. The Bertz CT molecular complexity index is 953. The van der Waals surface area contributed by atoms with Crippen LogP contribution in [0.2, 0.25) is 5.02 Å². The minimum atomic E-state index is -0.650. The van der Waals surface area contributed by atoms with E-state index in [-0.39, 0.29) is 28.2 Å². The normalized spacial score (nSPS) is 20.6. The molecule has 2 fully saturated rings.